The smallest absolute Gasteiger partial charge is 0.341 e. The van der Waals surface area contributed by atoms with Crippen molar-refractivity contribution < 1.29 is 42.9 Å². The summed E-state index contributed by atoms with van der Waals surface area (Å²) in [5, 5.41) is 4.10. The van der Waals surface area contributed by atoms with Crippen LogP contribution < -0.4 is 5.73 Å². The highest BCUT2D eigenvalue weighted by atomic mass is 16.7. The van der Waals surface area contributed by atoms with Gasteiger partial charge in [-0.05, 0) is 6.92 Å². The summed E-state index contributed by atoms with van der Waals surface area (Å²) in [4.78, 5) is 60.2. The molecule has 3 aromatic heterocycles. The number of ether oxygens (including phenoxy) is 5. The van der Waals surface area contributed by atoms with Gasteiger partial charge >= 0.3 is 23.9 Å². The van der Waals surface area contributed by atoms with E-state index in [9.17, 15) is 19.2 Å². The number of nitrogens with two attached hydrogens (primary N) is 1. The summed E-state index contributed by atoms with van der Waals surface area (Å²) in [6, 6.07) is 0. The fourth-order valence-electron chi connectivity index (χ4n) is 3.88. The Labute approximate surface area is 215 Å². The highest BCUT2D eigenvalue weighted by Gasteiger charge is 2.51. The van der Waals surface area contributed by atoms with Gasteiger partial charge in [-0.25, -0.2) is 14.5 Å². The summed E-state index contributed by atoms with van der Waals surface area (Å²) < 4.78 is 29.6. The van der Waals surface area contributed by atoms with Crippen LogP contribution in [-0.2, 0) is 38.1 Å². The number of hydrogen-bond donors (Lipinski definition) is 1. The molecule has 0 saturated carbocycles. The summed E-state index contributed by atoms with van der Waals surface area (Å²) in [7, 11) is 0. The molecule has 4 atom stereocenters. The third-order valence-electron chi connectivity index (χ3n) is 5.35. The van der Waals surface area contributed by atoms with E-state index >= 15 is 0 Å². The monoisotopic (exact) mass is 531 g/mol. The molecule has 0 amide bonds. The number of anilines is 1. The molecule has 0 bridgehead atoms. The summed E-state index contributed by atoms with van der Waals surface area (Å²) in [6.45, 7) is 5.17. The Balaban J connectivity index is 1.76. The lowest BCUT2D eigenvalue weighted by Crippen LogP contribution is -2.40. The van der Waals surface area contributed by atoms with Gasteiger partial charge in [0.1, 0.15) is 18.2 Å². The number of imidazole rings is 1. The zero-order chi connectivity index (χ0) is 27.6. The maximum absolute atomic E-state index is 12.0. The number of hydrogen-bond acceptors (Lipinski definition) is 14. The Morgan fingerprint density at radius 3 is 2.39 bits per heavy atom. The molecule has 16 heteroatoms. The molecule has 1 fully saturated rings. The summed E-state index contributed by atoms with van der Waals surface area (Å²) in [6.07, 6.45) is -0.357. The number of nitrogen functional groups attached to an aromatic ring is 1. The number of carbonyl (C=O) groups is 4. The van der Waals surface area contributed by atoms with Crippen molar-refractivity contribution in [3.63, 3.8) is 0 Å². The van der Waals surface area contributed by atoms with Crippen molar-refractivity contribution in [2.45, 2.75) is 52.2 Å². The molecule has 1 aliphatic heterocycles. The third-order valence-corrected chi connectivity index (χ3v) is 5.35. The highest BCUT2D eigenvalue weighted by Crippen LogP contribution is 2.36. The number of nitrogens with zero attached hydrogens (tertiary/aromatic N) is 6. The standard InChI is InChI=1S/C22H25N7O9/c1-5-34-21(33)13-6-25-29(7-13)22-26-18(23)15-19(27-22)28(9-24-15)20-17(37-12(4)32)16(36-11(3)31)14(38-20)8-35-10(2)30/h6-7,9,14,16-17,20H,5,8H2,1-4H3,(H2,23,26,27)/t14-,16-,17-,20-/m1/s1. The number of carbonyl (C=O) groups excluding carboxylic acids is 4. The van der Waals surface area contributed by atoms with Crippen molar-refractivity contribution in [2.24, 2.45) is 0 Å². The largest absolute Gasteiger partial charge is 0.463 e. The third kappa shape index (κ3) is 5.39. The Bertz CT molecular complexity index is 1380. The molecule has 4 heterocycles. The molecule has 202 valence electrons. The first-order valence-corrected chi connectivity index (χ1v) is 11.4. The van der Waals surface area contributed by atoms with Gasteiger partial charge in [-0.1, -0.05) is 0 Å². The summed E-state index contributed by atoms with van der Waals surface area (Å²) >= 11 is 0. The van der Waals surface area contributed by atoms with Crippen LogP contribution in [0.4, 0.5) is 5.82 Å². The van der Waals surface area contributed by atoms with E-state index in [0.717, 1.165) is 0 Å². The predicted molar refractivity (Wildman–Crippen MR) is 124 cm³/mol. The van der Waals surface area contributed by atoms with Crippen LogP contribution in [0.25, 0.3) is 17.1 Å². The molecule has 0 radical (unpaired) electrons. The zero-order valence-corrected chi connectivity index (χ0v) is 20.9. The molecule has 0 spiro atoms. The fraction of sp³-hybridized carbons (Fsp3) is 0.455. The van der Waals surface area contributed by atoms with Gasteiger partial charge in [0.25, 0.3) is 5.95 Å². The van der Waals surface area contributed by atoms with Gasteiger partial charge in [-0.15, -0.1) is 0 Å². The van der Waals surface area contributed by atoms with Crippen LogP contribution >= 0.6 is 0 Å². The highest BCUT2D eigenvalue weighted by molar-refractivity contribution is 5.89. The second-order valence-electron chi connectivity index (χ2n) is 8.14. The molecule has 2 N–H and O–H groups in total. The maximum Gasteiger partial charge on any atom is 0.341 e. The van der Waals surface area contributed by atoms with Crippen molar-refractivity contribution in [3.05, 3.63) is 24.3 Å². The minimum atomic E-state index is -1.16. The zero-order valence-electron chi connectivity index (χ0n) is 20.9. The van der Waals surface area contributed by atoms with E-state index in [1.807, 2.05) is 0 Å². The molecule has 16 nitrogen and oxygen atoms in total. The van der Waals surface area contributed by atoms with E-state index in [1.54, 1.807) is 6.92 Å². The first-order valence-electron chi connectivity index (χ1n) is 11.4. The van der Waals surface area contributed by atoms with Gasteiger partial charge in [-0.3, -0.25) is 19.0 Å². The van der Waals surface area contributed by atoms with Crippen molar-refractivity contribution in [1.82, 2.24) is 29.3 Å². The lowest BCUT2D eigenvalue weighted by atomic mass is 10.1. The van der Waals surface area contributed by atoms with Crippen LogP contribution in [0, 0.1) is 0 Å². The molecule has 0 aliphatic carbocycles. The van der Waals surface area contributed by atoms with E-state index in [0.29, 0.717) is 0 Å². The molecular formula is C22H25N7O9. The number of aromatic nitrogens is 6. The van der Waals surface area contributed by atoms with Gasteiger partial charge in [0.15, 0.2) is 29.9 Å². The quantitative estimate of drug-likeness (QED) is 0.303. The number of rotatable bonds is 8. The van der Waals surface area contributed by atoms with Crippen molar-refractivity contribution >= 4 is 40.9 Å². The first kappa shape index (κ1) is 26.5. The van der Waals surface area contributed by atoms with E-state index < -0.39 is 48.4 Å². The molecule has 38 heavy (non-hydrogen) atoms. The molecule has 0 aromatic carbocycles. The van der Waals surface area contributed by atoms with Crippen LogP contribution in [0.5, 0.6) is 0 Å². The average Bonchev–Trinajstić information content (AvgIpc) is 3.56. The van der Waals surface area contributed by atoms with Crippen molar-refractivity contribution in [3.8, 4) is 5.95 Å². The Morgan fingerprint density at radius 2 is 1.74 bits per heavy atom. The van der Waals surface area contributed by atoms with Gasteiger partial charge < -0.3 is 29.4 Å². The van der Waals surface area contributed by atoms with E-state index in [-0.39, 0.29) is 41.7 Å². The minimum absolute atomic E-state index is 0.00216. The summed E-state index contributed by atoms with van der Waals surface area (Å²) in [5.74, 6) is -2.49. The molecule has 1 aliphatic rings. The van der Waals surface area contributed by atoms with Crippen LogP contribution in [0.3, 0.4) is 0 Å². The van der Waals surface area contributed by atoms with Crippen LogP contribution in [0.2, 0.25) is 0 Å². The average molecular weight is 531 g/mol. The first-order chi connectivity index (χ1) is 18.1. The van der Waals surface area contributed by atoms with E-state index in [2.05, 4.69) is 20.1 Å². The van der Waals surface area contributed by atoms with Crippen molar-refractivity contribution in [2.75, 3.05) is 18.9 Å². The lowest BCUT2D eigenvalue weighted by molar-refractivity contribution is -0.166. The van der Waals surface area contributed by atoms with Gasteiger partial charge in [-0.2, -0.15) is 15.1 Å². The lowest BCUT2D eigenvalue weighted by Gasteiger charge is -2.23. The van der Waals surface area contributed by atoms with Crippen LogP contribution in [0.15, 0.2) is 18.7 Å². The normalized spacial score (nSPS) is 20.7. The molecule has 0 unspecified atom stereocenters. The van der Waals surface area contributed by atoms with E-state index in [1.165, 1.54) is 48.7 Å². The van der Waals surface area contributed by atoms with Crippen LogP contribution in [0.1, 0.15) is 44.3 Å². The van der Waals surface area contributed by atoms with Gasteiger partial charge in [0, 0.05) is 27.0 Å². The topological polar surface area (TPSA) is 202 Å². The van der Waals surface area contributed by atoms with Crippen molar-refractivity contribution in [1.29, 1.82) is 0 Å². The minimum Gasteiger partial charge on any atom is -0.463 e. The van der Waals surface area contributed by atoms with Gasteiger partial charge in [0.2, 0.25) is 0 Å². The number of fused-ring (bicyclic) bond motifs is 1. The number of esters is 4. The molecule has 1 saturated heterocycles. The Kier molecular flexibility index (Phi) is 7.52. The fourth-order valence-corrected chi connectivity index (χ4v) is 3.88. The molecular weight excluding hydrogens is 506 g/mol. The Hall–Kier alpha value is -4.60. The second-order valence-corrected chi connectivity index (χ2v) is 8.14. The SMILES string of the molecule is CCOC(=O)c1cnn(-c2nc(N)c3ncn([C@@H]4O[C@H](COC(C)=O)[C@@H](OC(C)=O)[C@H]4OC(C)=O)c3n2)c1. The van der Waals surface area contributed by atoms with Gasteiger partial charge in [0.05, 0.1) is 24.7 Å². The maximum atomic E-state index is 12.0. The van der Waals surface area contributed by atoms with E-state index in [4.69, 9.17) is 29.4 Å². The van der Waals surface area contributed by atoms with Crippen LogP contribution in [-0.4, -0.2) is 84.7 Å². The predicted octanol–water partition coefficient (Wildman–Crippen LogP) is 0.0948. The Morgan fingerprint density at radius 1 is 1.03 bits per heavy atom. The molecule has 4 rings (SSSR count). The second kappa shape index (κ2) is 10.8. The molecule has 3 aromatic rings. The summed E-state index contributed by atoms with van der Waals surface area (Å²) in [5.41, 5.74) is 6.66.